The van der Waals surface area contributed by atoms with E-state index in [0.717, 1.165) is 28.4 Å². The Labute approximate surface area is 182 Å². The average Bonchev–Trinajstić information content (AvgIpc) is 3.12. The number of thiazole rings is 1. The van der Waals surface area contributed by atoms with Crippen LogP contribution in [0.5, 0.6) is 5.75 Å². The van der Waals surface area contributed by atoms with Crippen molar-refractivity contribution >= 4 is 23.0 Å². The number of carbonyl (C=O) groups excluding carboxylic acids is 1. The van der Waals surface area contributed by atoms with Gasteiger partial charge < -0.3 is 14.4 Å². The zero-order valence-corrected chi connectivity index (χ0v) is 18.0. The molecule has 0 saturated carbocycles. The molecule has 5 nitrogen and oxygen atoms in total. The standard InChI is InChI=1S/C22H21F3N2O3S/c1-14-19(31-21(26-14)15-4-6-16(7-5-15)22(23,24)25)13-30-18-10-8-17(9-11-18)27(2)12-20(28)29-3/h4-11H,12-13H2,1-3H3. The van der Waals surface area contributed by atoms with Crippen molar-refractivity contribution in [2.75, 3.05) is 25.6 Å². The van der Waals surface area contributed by atoms with Crippen LogP contribution in [0.3, 0.4) is 0 Å². The summed E-state index contributed by atoms with van der Waals surface area (Å²) in [6.07, 6.45) is -4.36. The van der Waals surface area contributed by atoms with Crippen molar-refractivity contribution in [1.82, 2.24) is 4.98 Å². The summed E-state index contributed by atoms with van der Waals surface area (Å²) in [6.45, 7) is 2.28. The van der Waals surface area contributed by atoms with Gasteiger partial charge in [-0.05, 0) is 43.3 Å². The number of ether oxygens (including phenoxy) is 2. The molecular weight excluding hydrogens is 429 g/mol. The second-order valence-electron chi connectivity index (χ2n) is 6.82. The van der Waals surface area contributed by atoms with Crippen LogP contribution in [-0.4, -0.2) is 31.7 Å². The SMILES string of the molecule is COC(=O)CN(C)c1ccc(OCc2sc(-c3ccc(C(F)(F)F)cc3)nc2C)cc1. The molecule has 0 bridgehead atoms. The normalized spacial score (nSPS) is 11.3. The van der Waals surface area contributed by atoms with Crippen molar-refractivity contribution in [2.24, 2.45) is 0 Å². The van der Waals surface area contributed by atoms with Crippen LogP contribution in [0.2, 0.25) is 0 Å². The van der Waals surface area contributed by atoms with Gasteiger partial charge in [0.1, 0.15) is 23.9 Å². The molecule has 0 unspecified atom stereocenters. The van der Waals surface area contributed by atoms with Crippen LogP contribution in [0.1, 0.15) is 16.1 Å². The van der Waals surface area contributed by atoms with Crippen molar-refractivity contribution in [2.45, 2.75) is 19.7 Å². The molecule has 0 radical (unpaired) electrons. The second kappa shape index (κ2) is 9.38. The Balaban J connectivity index is 1.64. The minimum absolute atomic E-state index is 0.142. The highest BCUT2D eigenvalue weighted by Gasteiger charge is 2.30. The number of halogens is 3. The van der Waals surface area contributed by atoms with Crippen molar-refractivity contribution < 1.29 is 27.4 Å². The smallest absolute Gasteiger partial charge is 0.416 e. The predicted octanol–water partition coefficient (Wildman–Crippen LogP) is 5.33. The molecule has 31 heavy (non-hydrogen) atoms. The number of methoxy groups -OCH3 is 1. The molecule has 0 fully saturated rings. The Kier molecular flexibility index (Phi) is 6.84. The van der Waals surface area contributed by atoms with Gasteiger partial charge >= 0.3 is 12.1 Å². The average molecular weight is 450 g/mol. The Hall–Kier alpha value is -3.07. The zero-order valence-electron chi connectivity index (χ0n) is 17.2. The quantitative estimate of drug-likeness (QED) is 0.456. The summed E-state index contributed by atoms with van der Waals surface area (Å²) in [6, 6.07) is 12.2. The number of aryl methyl sites for hydroxylation is 1. The molecule has 0 spiro atoms. The monoisotopic (exact) mass is 450 g/mol. The van der Waals surface area contributed by atoms with Gasteiger partial charge in [0.2, 0.25) is 0 Å². The lowest BCUT2D eigenvalue weighted by Crippen LogP contribution is -2.26. The lowest BCUT2D eigenvalue weighted by Gasteiger charge is -2.18. The minimum Gasteiger partial charge on any atom is -0.488 e. The summed E-state index contributed by atoms with van der Waals surface area (Å²) in [5.74, 6) is 0.325. The molecular formula is C22H21F3N2O3S. The largest absolute Gasteiger partial charge is 0.488 e. The summed E-state index contributed by atoms with van der Waals surface area (Å²) in [5.41, 5.74) is 1.56. The number of anilines is 1. The molecule has 0 amide bonds. The first kappa shape index (κ1) is 22.6. The number of benzene rings is 2. The Morgan fingerprint density at radius 3 is 2.32 bits per heavy atom. The third kappa shape index (κ3) is 5.75. The van der Waals surface area contributed by atoms with Crippen LogP contribution in [0.15, 0.2) is 48.5 Å². The van der Waals surface area contributed by atoms with Crippen LogP contribution < -0.4 is 9.64 Å². The van der Waals surface area contributed by atoms with E-state index in [9.17, 15) is 18.0 Å². The number of carbonyl (C=O) groups is 1. The van der Waals surface area contributed by atoms with Crippen molar-refractivity contribution in [1.29, 1.82) is 0 Å². The van der Waals surface area contributed by atoms with Gasteiger partial charge in [-0.15, -0.1) is 11.3 Å². The van der Waals surface area contributed by atoms with E-state index in [0.29, 0.717) is 22.9 Å². The molecule has 1 aromatic heterocycles. The number of hydrogen-bond acceptors (Lipinski definition) is 6. The molecule has 164 valence electrons. The number of alkyl halides is 3. The highest BCUT2D eigenvalue weighted by atomic mass is 32.1. The molecule has 1 heterocycles. The van der Waals surface area contributed by atoms with Crippen molar-refractivity contribution in [3.8, 4) is 16.3 Å². The van der Waals surface area contributed by atoms with E-state index >= 15 is 0 Å². The number of aromatic nitrogens is 1. The number of esters is 1. The van der Waals surface area contributed by atoms with Gasteiger partial charge in [0, 0.05) is 18.3 Å². The fraction of sp³-hybridized carbons (Fsp3) is 0.273. The Morgan fingerprint density at radius 2 is 1.74 bits per heavy atom. The van der Waals surface area contributed by atoms with Crippen LogP contribution in [0.25, 0.3) is 10.6 Å². The van der Waals surface area contributed by atoms with Crippen LogP contribution in [0.4, 0.5) is 18.9 Å². The maximum atomic E-state index is 12.7. The van der Waals surface area contributed by atoms with E-state index < -0.39 is 11.7 Å². The molecule has 3 rings (SSSR count). The first-order chi connectivity index (χ1) is 14.7. The maximum absolute atomic E-state index is 12.7. The lowest BCUT2D eigenvalue weighted by atomic mass is 10.1. The number of hydrogen-bond donors (Lipinski definition) is 0. The van der Waals surface area contributed by atoms with Crippen LogP contribution in [0, 0.1) is 6.92 Å². The second-order valence-corrected chi connectivity index (χ2v) is 7.90. The number of nitrogens with zero attached hydrogens (tertiary/aromatic N) is 2. The van der Waals surface area contributed by atoms with Crippen molar-refractivity contribution in [3.63, 3.8) is 0 Å². The summed E-state index contributed by atoms with van der Waals surface area (Å²) >= 11 is 1.39. The third-order valence-corrected chi connectivity index (χ3v) is 5.77. The molecule has 0 aliphatic rings. The van der Waals surface area contributed by atoms with E-state index in [1.807, 2.05) is 19.1 Å². The fourth-order valence-electron chi connectivity index (χ4n) is 2.78. The molecule has 9 heteroatoms. The molecule has 0 saturated heterocycles. The van der Waals surface area contributed by atoms with Crippen molar-refractivity contribution in [3.05, 3.63) is 64.7 Å². The van der Waals surface area contributed by atoms with E-state index in [4.69, 9.17) is 4.74 Å². The lowest BCUT2D eigenvalue weighted by molar-refractivity contribution is -0.139. The summed E-state index contributed by atoms with van der Waals surface area (Å²) in [4.78, 5) is 18.5. The summed E-state index contributed by atoms with van der Waals surface area (Å²) in [7, 11) is 3.13. The molecule has 2 aromatic carbocycles. The van der Waals surface area contributed by atoms with E-state index in [1.54, 1.807) is 24.1 Å². The third-order valence-electron chi connectivity index (χ3n) is 4.59. The van der Waals surface area contributed by atoms with Gasteiger partial charge in [0.15, 0.2) is 0 Å². The minimum atomic E-state index is -4.36. The fourth-order valence-corrected chi connectivity index (χ4v) is 3.76. The molecule has 0 N–H and O–H groups in total. The van der Waals surface area contributed by atoms with E-state index in [1.165, 1.54) is 30.6 Å². The summed E-state index contributed by atoms with van der Waals surface area (Å²) in [5, 5.41) is 0.643. The maximum Gasteiger partial charge on any atom is 0.416 e. The molecule has 0 aliphatic carbocycles. The highest BCUT2D eigenvalue weighted by Crippen LogP contribution is 2.33. The number of likely N-dealkylation sites (N-methyl/N-ethyl adjacent to an activating group) is 1. The van der Waals surface area contributed by atoms with Gasteiger partial charge in [0.05, 0.1) is 23.2 Å². The van der Waals surface area contributed by atoms with Gasteiger partial charge in [-0.1, -0.05) is 12.1 Å². The topological polar surface area (TPSA) is 51.7 Å². The Morgan fingerprint density at radius 1 is 1.10 bits per heavy atom. The Bertz CT molecular complexity index is 1030. The summed E-state index contributed by atoms with van der Waals surface area (Å²) < 4.78 is 48.7. The van der Waals surface area contributed by atoms with Crippen LogP contribution >= 0.6 is 11.3 Å². The molecule has 3 aromatic rings. The van der Waals surface area contributed by atoms with Gasteiger partial charge in [0.25, 0.3) is 0 Å². The predicted molar refractivity (Wildman–Crippen MR) is 113 cm³/mol. The van der Waals surface area contributed by atoms with Gasteiger partial charge in [-0.25, -0.2) is 4.98 Å². The van der Waals surface area contributed by atoms with E-state index in [-0.39, 0.29) is 12.5 Å². The van der Waals surface area contributed by atoms with Crippen LogP contribution in [-0.2, 0) is 22.3 Å². The first-order valence-corrected chi connectivity index (χ1v) is 10.1. The molecule has 0 aliphatic heterocycles. The number of rotatable bonds is 7. The van der Waals surface area contributed by atoms with E-state index in [2.05, 4.69) is 9.72 Å². The van der Waals surface area contributed by atoms with Gasteiger partial charge in [-0.3, -0.25) is 4.79 Å². The zero-order chi connectivity index (χ0) is 22.6. The van der Waals surface area contributed by atoms with Gasteiger partial charge in [-0.2, -0.15) is 13.2 Å². The highest BCUT2D eigenvalue weighted by molar-refractivity contribution is 7.15. The molecule has 0 atom stereocenters. The first-order valence-electron chi connectivity index (χ1n) is 9.32.